The Kier molecular flexibility index (Phi) is 3.90. The van der Waals surface area contributed by atoms with E-state index in [0.717, 1.165) is 5.56 Å². The zero-order chi connectivity index (χ0) is 10.8. The molecule has 0 spiro atoms. The van der Waals surface area contributed by atoms with E-state index in [1.54, 1.807) is 18.2 Å². The molecule has 1 rings (SSSR count). The van der Waals surface area contributed by atoms with E-state index in [1.165, 1.54) is 0 Å². The van der Waals surface area contributed by atoms with Gasteiger partial charge in [-0.2, -0.15) is 0 Å². The van der Waals surface area contributed by atoms with Crippen LogP contribution >= 0.6 is 34.8 Å². The fraction of sp³-hybridized carbons (Fsp3) is 0.333. The third-order valence-electron chi connectivity index (χ3n) is 1.85. The number of aliphatic hydroxyl groups excluding tert-OH is 1. The average molecular weight is 255 g/mol. The lowest BCUT2D eigenvalue weighted by Gasteiger charge is -2.19. The first-order valence-electron chi connectivity index (χ1n) is 3.99. The van der Waals surface area contributed by atoms with Crippen LogP contribution in [0.1, 0.15) is 5.56 Å². The molecule has 0 fully saturated rings. The lowest BCUT2D eigenvalue weighted by atomic mass is 10.1. The molecule has 5 heteroatoms. The van der Waals surface area contributed by atoms with Gasteiger partial charge in [-0.1, -0.05) is 53.0 Å². The van der Waals surface area contributed by atoms with Crippen molar-refractivity contribution in [3.05, 3.63) is 29.8 Å². The molecule has 14 heavy (non-hydrogen) atoms. The predicted octanol–water partition coefficient (Wildman–Crippen LogP) is 2.54. The van der Waals surface area contributed by atoms with E-state index in [-0.39, 0.29) is 6.42 Å². The van der Waals surface area contributed by atoms with Crippen LogP contribution in [0.25, 0.3) is 0 Å². The molecule has 2 nitrogen and oxygen atoms in total. The molecule has 1 atom stereocenters. The highest BCUT2D eigenvalue weighted by Crippen LogP contribution is 2.32. The Hall–Kier alpha value is -0.150. The molecule has 0 saturated carbocycles. The van der Waals surface area contributed by atoms with Crippen LogP contribution in [0.4, 0.5) is 5.69 Å². The van der Waals surface area contributed by atoms with Gasteiger partial charge in [-0.3, -0.25) is 0 Å². The molecule has 0 aliphatic heterocycles. The van der Waals surface area contributed by atoms with Crippen LogP contribution < -0.4 is 5.73 Å². The van der Waals surface area contributed by atoms with Gasteiger partial charge in [0.25, 0.3) is 0 Å². The van der Waals surface area contributed by atoms with Crippen molar-refractivity contribution >= 4 is 40.5 Å². The predicted molar refractivity (Wildman–Crippen MR) is 60.9 cm³/mol. The normalized spacial score (nSPS) is 14.0. The van der Waals surface area contributed by atoms with Crippen LogP contribution in [0.15, 0.2) is 24.3 Å². The van der Waals surface area contributed by atoms with Crippen LogP contribution in [0, 0.1) is 0 Å². The summed E-state index contributed by atoms with van der Waals surface area (Å²) in [5, 5.41) is 9.51. The molecule has 1 aromatic rings. The van der Waals surface area contributed by atoms with E-state index in [2.05, 4.69) is 0 Å². The minimum absolute atomic E-state index is 0.225. The highest BCUT2D eigenvalue weighted by molar-refractivity contribution is 6.68. The maximum absolute atomic E-state index is 9.51. The second-order valence-electron chi connectivity index (χ2n) is 2.96. The van der Waals surface area contributed by atoms with Gasteiger partial charge in [0.1, 0.15) is 6.10 Å². The van der Waals surface area contributed by atoms with Gasteiger partial charge in [0, 0.05) is 12.1 Å². The first-order valence-corrected chi connectivity index (χ1v) is 5.13. The van der Waals surface area contributed by atoms with Crippen molar-refractivity contribution in [2.75, 3.05) is 5.73 Å². The smallest absolute Gasteiger partial charge is 0.216 e. The molecule has 0 amide bonds. The van der Waals surface area contributed by atoms with Crippen LogP contribution in [-0.2, 0) is 6.42 Å². The van der Waals surface area contributed by atoms with Crippen molar-refractivity contribution < 1.29 is 5.11 Å². The molecule has 1 unspecified atom stereocenters. The minimum Gasteiger partial charge on any atom is -0.399 e. The topological polar surface area (TPSA) is 46.2 Å². The summed E-state index contributed by atoms with van der Waals surface area (Å²) in [5.41, 5.74) is 7.03. The number of rotatable bonds is 2. The molecule has 0 radical (unpaired) electrons. The summed E-state index contributed by atoms with van der Waals surface area (Å²) < 4.78 is -1.68. The molecule has 0 bridgehead atoms. The van der Waals surface area contributed by atoms with E-state index < -0.39 is 9.90 Å². The number of halogens is 3. The van der Waals surface area contributed by atoms with Crippen molar-refractivity contribution in [2.45, 2.75) is 16.3 Å². The summed E-state index contributed by atoms with van der Waals surface area (Å²) >= 11 is 16.6. The molecule has 0 saturated heterocycles. The van der Waals surface area contributed by atoms with Gasteiger partial charge < -0.3 is 10.8 Å². The summed E-state index contributed by atoms with van der Waals surface area (Å²) in [4.78, 5) is 0. The molecule has 1 aromatic carbocycles. The van der Waals surface area contributed by atoms with Gasteiger partial charge in [0.2, 0.25) is 3.79 Å². The second kappa shape index (κ2) is 4.58. The largest absolute Gasteiger partial charge is 0.399 e. The van der Waals surface area contributed by atoms with Crippen LogP contribution in [0.2, 0.25) is 0 Å². The van der Waals surface area contributed by atoms with Crippen molar-refractivity contribution in [3.63, 3.8) is 0 Å². The zero-order valence-corrected chi connectivity index (χ0v) is 9.52. The lowest BCUT2D eigenvalue weighted by molar-refractivity contribution is 0.179. The number of aliphatic hydroxyl groups is 1. The van der Waals surface area contributed by atoms with Crippen LogP contribution in [0.5, 0.6) is 0 Å². The molecular formula is C9H10Cl3NO. The van der Waals surface area contributed by atoms with E-state index in [0.29, 0.717) is 5.69 Å². The van der Waals surface area contributed by atoms with Gasteiger partial charge in [-0.05, 0) is 11.6 Å². The number of nitrogen functional groups attached to an aromatic ring is 1. The standard InChI is InChI=1S/C9H10Cl3NO/c10-9(11,12)8(14)5-6-3-1-2-4-7(6)13/h1-4,8,14H,5,13H2. The fourth-order valence-electron chi connectivity index (χ4n) is 1.04. The van der Waals surface area contributed by atoms with E-state index >= 15 is 0 Å². The van der Waals surface area contributed by atoms with Crippen LogP contribution in [-0.4, -0.2) is 15.0 Å². The van der Waals surface area contributed by atoms with E-state index in [9.17, 15) is 5.11 Å². The highest BCUT2D eigenvalue weighted by Gasteiger charge is 2.30. The van der Waals surface area contributed by atoms with Crippen molar-refractivity contribution in [1.82, 2.24) is 0 Å². The van der Waals surface area contributed by atoms with Gasteiger partial charge >= 0.3 is 0 Å². The molecule has 0 aliphatic rings. The molecule has 0 heterocycles. The van der Waals surface area contributed by atoms with E-state index in [1.807, 2.05) is 6.07 Å². The molecular weight excluding hydrogens is 244 g/mol. The number of hydrogen-bond acceptors (Lipinski definition) is 2. The minimum atomic E-state index is -1.68. The van der Waals surface area contributed by atoms with Crippen molar-refractivity contribution in [1.29, 1.82) is 0 Å². The molecule has 78 valence electrons. The van der Waals surface area contributed by atoms with Crippen LogP contribution in [0.3, 0.4) is 0 Å². The zero-order valence-electron chi connectivity index (χ0n) is 7.25. The SMILES string of the molecule is Nc1ccccc1CC(O)C(Cl)(Cl)Cl. The van der Waals surface area contributed by atoms with Gasteiger partial charge in [0.15, 0.2) is 0 Å². The number of alkyl halides is 3. The summed E-state index contributed by atoms with van der Waals surface area (Å²) in [6.45, 7) is 0. The Morgan fingerprint density at radius 2 is 1.86 bits per heavy atom. The summed E-state index contributed by atoms with van der Waals surface area (Å²) in [5.74, 6) is 0. The number of anilines is 1. The molecule has 0 aliphatic carbocycles. The quantitative estimate of drug-likeness (QED) is 0.629. The summed E-state index contributed by atoms with van der Waals surface area (Å²) in [6.07, 6.45) is -0.833. The second-order valence-corrected chi connectivity index (χ2v) is 5.33. The maximum Gasteiger partial charge on any atom is 0.216 e. The molecule has 3 N–H and O–H groups in total. The highest BCUT2D eigenvalue weighted by atomic mass is 35.6. The summed E-state index contributed by atoms with van der Waals surface area (Å²) in [7, 11) is 0. The lowest BCUT2D eigenvalue weighted by Crippen LogP contribution is -2.27. The van der Waals surface area contributed by atoms with Gasteiger partial charge in [-0.25, -0.2) is 0 Å². The van der Waals surface area contributed by atoms with Crippen molar-refractivity contribution in [3.8, 4) is 0 Å². The average Bonchev–Trinajstić information content (AvgIpc) is 2.07. The van der Waals surface area contributed by atoms with Gasteiger partial charge in [0.05, 0.1) is 0 Å². The Balaban J connectivity index is 2.75. The third kappa shape index (κ3) is 3.21. The van der Waals surface area contributed by atoms with Gasteiger partial charge in [-0.15, -0.1) is 0 Å². The number of para-hydroxylation sites is 1. The van der Waals surface area contributed by atoms with Crippen molar-refractivity contribution in [2.24, 2.45) is 0 Å². The maximum atomic E-state index is 9.51. The Morgan fingerprint density at radius 1 is 1.29 bits per heavy atom. The summed E-state index contributed by atoms with van der Waals surface area (Å²) in [6, 6.07) is 7.15. The Bertz CT molecular complexity index is 311. The fourth-order valence-corrected chi connectivity index (χ4v) is 1.28. The number of nitrogens with two attached hydrogens (primary N) is 1. The van der Waals surface area contributed by atoms with E-state index in [4.69, 9.17) is 40.5 Å². The number of hydrogen-bond donors (Lipinski definition) is 2. The monoisotopic (exact) mass is 253 g/mol. The Labute approximate surface area is 97.6 Å². The Morgan fingerprint density at radius 3 is 2.36 bits per heavy atom. The third-order valence-corrected chi connectivity index (χ3v) is 2.60. The molecule has 0 aromatic heterocycles. The first-order chi connectivity index (χ1) is 6.41. The number of benzene rings is 1. The first kappa shape index (κ1) is 11.9.